The molecule has 0 radical (unpaired) electrons. The predicted octanol–water partition coefficient (Wildman–Crippen LogP) is 1.10. The van der Waals surface area contributed by atoms with Crippen LogP contribution in [0.15, 0.2) is 18.5 Å². The van der Waals surface area contributed by atoms with E-state index in [9.17, 15) is 4.79 Å². The lowest BCUT2D eigenvalue weighted by Gasteiger charge is -2.29. The van der Waals surface area contributed by atoms with E-state index in [1.807, 2.05) is 18.7 Å². The summed E-state index contributed by atoms with van der Waals surface area (Å²) >= 11 is 5.00. The van der Waals surface area contributed by atoms with Crippen LogP contribution in [0.4, 0.5) is 5.69 Å². The van der Waals surface area contributed by atoms with Crippen LogP contribution in [0.3, 0.4) is 0 Å². The second kappa shape index (κ2) is 6.30. The van der Waals surface area contributed by atoms with Gasteiger partial charge in [-0.25, -0.2) is 0 Å². The third-order valence-electron chi connectivity index (χ3n) is 2.53. The van der Waals surface area contributed by atoms with Crippen LogP contribution in [0.25, 0.3) is 0 Å². The van der Waals surface area contributed by atoms with Gasteiger partial charge in [-0.3, -0.25) is 9.78 Å². The minimum atomic E-state index is -0.318. The van der Waals surface area contributed by atoms with E-state index in [2.05, 4.69) is 9.72 Å². The number of hydrogen-bond acceptors (Lipinski definition) is 5. The minimum Gasteiger partial charge on any atom is -0.468 e. The van der Waals surface area contributed by atoms with E-state index < -0.39 is 0 Å². The number of nitrogens with two attached hydrogens (primary N) is 1. The van der Waals surface area contributed by atoms with Crippen molar-refractivity contribution in [3.63, 3.8) is 0 Å². The fourth-order valence-corrected chi connectivity index (χ4v) is 1.75. The van der Waals surface area contributed by atoms with Gasteiger partial charge >= 0.3 is 5.97 Å². The van der Waals surface area contributed by atoms with Gasteiger partial charge in [0.1, 0.15) is 11.5 Å². The van der Waals surface area contributed by atoms with E-state index in [1.165, 1.54) is 7.11 Å². The van der Waals surface area contributed by atoms with Gasteiger partial charge in [0.2, 0.25) is 0 Å². The zero-order chi connectivity index (χ0) is 13.7. The Morgan fingerprint density at radius 2 is 2.28 bits per heavy atom. The Hall–Kier alpha value is -1.69. The number of carbonyl (C=O) groups is 1. The maximum atomic E-state index is 11.4. The standard InChI is InChI=1S/C12H17N3O2S/c1-8(2)15(7-11(16)17-3)10-6-14-5-4-9(10)12(13)18/h4-6,8H,7H2,1-3H3,(H2,13,18). The first-order chi connectivity index (χ1) is 8.47. The highest BCUT2D eigenvalue weighted by Crippen LogP contribution is 2.21. The molecule has 0 bridgehead atoms. The number of hydrogen-bond donors (Lipinski definition) is 1. The molecule has 0 aliphatic carbocycles. The number of pyridine rings is 1. The van der Waals surface area contributed by atoms with Crippen molar-refractivity contribution in [1.29, 1.82) is 0 Å². The normalized spacial score (nSPS) is 10.2. The molecule has 2 N–H and O–H groups in total. The number of methoxy groups -OCH3 is 1. The SMILES string of the molecule is COC(=O)CN(c1cnccc1C(N)=S)C(C)C. The number of ether oxygens (including phenoxy) is 1. The van der Waals surface area contributed by atoms with Gasteiger partial charge in [-0.1, -0.05) is 12.2 Å². The molecule has 0 saturated carbocycles. The van der Waals surface area contributed by atoms with Gasteiger partial charge < -0.3 is 15.4 Å². The van der Waals surface area contributed by atoms with Gasteiger partial charge in [0.05, 0.1) is 19.0 Å². The van der Waals surface area contributed by atoms with Crippen molar-refractivity contribution in [3.05, 3.63) is 24.0 Å². The van der Waals surface area contributed by atoms with Crippen molar-refractivity contribution in [1.82, 2.24) is 4.98 Å². The molecule has 0 aliphatic heterocycles. The van der Waals surface area contributed by atoms with E-state index in [0.29, 0.717) is 5.56 Å². The molecular formula is C12H17N3O2S. The Labute approximate surface area is 112 Å². The lowest BCUT2D eigenvalue weighted by molar-refractivity contribution is -0.139. The summed E-state index contributed by atoms with van der Waals surface area (Å²) in [5.41, 5.74) is 7.12. The van der Waals surface area contributed by atoms with Crippen LogP contribution < -0.4 is 10.6 Å². The number of rotatable bonds is 5. The Kier molecular flexibility index (Phi) is 5.03. The Morgan fingerprint density at radius 1 is 1.61 bits per heavy atom. The molecule has 0 atom stereocenters. The number of nitrogens with zero attached hydrogens (tertiary/aromatic N) is 2. The molecule has 0 fully saturated rings. The second-order valence-corrected chi connectivity index (χ2v) is 4.49. The van der Waals surface area contributed by atoms with Gasteiger partial charge in [0.15, 0.2) is 0 Å². The molecule has 0 aliphatic rings. The van der Waals surface area contributed by atoms with Crippen LogP contribution in [-0.4, -0.2) is 35.6 Å². The molecule has 0 saturated heterocycles. The molecule has 6 heteroatoms. The predicted molar refractivity (Wildman–Crippen MR) is 74.6 cm³/mol. The lowest BCUT2D eigenvalue weighted by Crippen LogP contribution is -2.37. The van der Waals surface area contributed by atoms with Crippen LogP contribution in [0.5, 0.6) is 0 Å². The summed E-state index contributed by atoms with van der Waals surface area (Å²) in [6.45, 7) is 4.08. The van der Waals surface area contributed by atoms with Gasteiger partial charge in [0, 0.05) is 17.8 Å². The molecule has 1 heterocycles. The van der Waals surface area contributed by atoms with E-state index in [1.54, 1.807) is 18.5 Å². The maximum Gasteiger partial charge on any atom is 0.325 e. The quantitative estimate of drug-likeness (QED) is 0.636. The zero-order valence-electron chi connectivity index (χ0n) is 10.7. The van der Waals surface area contributed by atoms with Crippen molar-refractivity contribution in [2.24, 2.45) is 5.73 Å². The average molecular weight is 267 g/mol. The van der Waals surface area contributed by atoms with Crippen LogP contribution >= 0.6 is 12.2 Å². The molecule has 1 aromatic rings. The number of thiocarbonyl (C=S) groups is 1. The van der Waals surface area contributed by atoms with E-state index in [-0.39, 0.29) is 23.5 Å². The summed E-state index contributed by atoms with van der Waals surface area (Å²) in [5, 5.41) is 0. The summed E-state index contributed by atoms with van der Waals surface area (Å²) < 4.78 is 4.69. The number of anilines is 1. The fourth-order valence-electron chi connectivity index (χ4n) is 1.57. The molecule has 0 amide bonds. The van der Waals surface area contributed by atoms with E-state index in [0.717, 1.165) is 5.69 Å². The molecule has 0 unspecified atom stereocenters. The van der Waals surface area contributed by atoms with Gasteiger partial charge in [-0.2, -0.15) is 0 Å². The molecule has 0 spiro atoms. The van der Waals surface area contributed by atoms with Crippen molar-refractivity contribution < 1.29 is 9.53 Å². The summed E-state index contributed by atoms with van der Waals surface area (Å²) in [7, 11) is 1.36. The first-order valence-corrected chi connectivity index (χ1v) is 5.95. The minimum absolute atomic E-state index is 0.0985. The number of esters is 1. The summed E-state index contributed by atoms with van der Waals surface area (Å²) in [6, 6.07) is 1.84. The largest absolute Gasteiger partial charge is 0.468 e. The third kappa shape index (κ3) is 3.40. The maximum absolute atomic E-state index is 11.4. The molecule has 1 aromatic heterocycles. The van der Waals surface area contributed by atoms with Crippen molar-refractivity contribution in [3.8, 4) is 0 Å². The Balaban J connectivity index is 3.13. The zero-order valence-corrected chi connectivity index (χ0v) is 11.5. The third-order valence-corrected chi connectivity index (χ3v) is 2.75. The highest BCUT2D eigenvalue weighted by atomic mass is 32.1. The highest BCUT2D eigenvalue weighted by Gasteiger charge is 2.19. The Morgan fingerprint density at radius 3 is 2.78 bits per heavy atom. The second-order valence-electron chi connectivity index (χ2n) is 4.05. The van der Waals surface area contributed by atoms with Crippen molar-refractivity contribution in [2.75, 3.05) is 18.6 Å². The van der Waals surface area contributed by atoms with E-state index >= 15 is 0 Å². The summed E-state index contributed by atoms with van der Waals surface area (Å²) in [6.07, 6.45) is 3.27. The molecule has 5 nitrogen and oxygen atoms in total. The summed E-state index contributed by atoms with van der Waals surface area (Å²) in [5.74, 6) is -0.318. The first kappa shape index (κ1) is 14.4. The molecular weight excluding hydrogens is 250 g/mol. The molecule has 18 heavy (non-hydrogen) atoms. The van der Waals surface area contributed by atoms with Gasteiger partial charge in [-0.15, -0.1) is 0 Å². The van der Waals surface area contributed by atoms with Crippen LogP contribution in [0, 0.1) is 0 Å². The van der Waals surface area contributed by atoms with Crippen LogP contribution in [0.2, 0.25) is 0 Å². The molecule has 1 rings (SSSR count). The topological polar surface area (TPSA) is 68.5 Å². The monoisotopic (exact) mass is 267 g/mol. The van der Waals surface area contributed by atoms with Crippen molar-refractivity contribution >= 4 is 28.9 Å². The number of aromatic nitrogens is 1. The average Bonchev–Trinajstić information content (AvgIpc) is 2.35. The van der Waals surface area contributed by atoms with Gasteiger partial charge in [-0.05, 0) is 19.9 Å². The Bertz CT molecular complexity index is 449. The summed E-state index contributed by atoms with van der Waals surface area (Å²) in [4.78, 5) is 17.6. The molecule has 98 valence electrons. The van der Waals surface area contributed by atoms with Crippen LogP contribution in [0.1, 0.15) is 19.4 Å². The smallest absolute Gasteiger partial charge is 0.325 e. The first-order valence-electron chi connectivity index (χ1n) is 5.54. The molecule has 0 aromatic carbocycles. The lowest BCUT2D eigenvalue weighted by atomic mass is 10.1. The highest BCUT2D eigenvalue weighted by molar-refractivity contribution is 7.80. The van der Waals surface area contributed by atoms with Crippen molar-refractivity contribution in [2.45, 2.75) is 19.9 Å². The number of carbonyl (C=O) groups excluding carboxylic acids is 1. The van der Waals surface area contributed by atoms with E-state index in [4.69, 9.17) is 18.0 Å². The van der Waals surface area contributed by atoms with Gasteiger partial charge in [0.25, 0.3) is 0 Å². The fraction of sp³-hybridized carbons (Fsp3) is 0.417. The van der Waals surface area contributed by atoms with Crippen LogP contribution in [-0.2, 0) is 9.53 Å².